The third kappa shape index (κ3) is 3.28. The van der Waals surface area contributed by atoms with E-state index in [1.54, 1.807) is 13.0 Å². The van der Waals surface area contributed by atoms with Crippen LogP contribution in [-0.2, 0) is 0 Å². The fourth-order valence-electron chi connectivity index (χ4n) is 2.60. The molecule has 7 heteroatoms. The van der Waals surface area contributed by atoms with Crippen molar-refractivity contribution in [3.05, 3.63) is 27.9 Å². The zero-order chi connectivity index (χ0) is 15.4. The van der Waals surface area contributed by atoms with Crippen molar-refractivity contribution in [3.63, 3.8) is 0 Å². The maximum Gasteiger partial charge on any atom is 0.290 e. The molecule has 1 saturated heterocycles. The fraction of sp³-hybridized carbons (Fsp3) is 0.571. The molecule has 0 aliphatic carbocycles. The summed E-state index contributed by atoms with van der Waals surface area (Å²) in [5.41, 5.74) is 0.483. The van der Waals surface area contributed by atoms with Crippen LogP contribution in [0, 0.1) is 28.4 Å². The number of rotatable bonds is 4. The van der Waals surface area contributed by atoms with E-state index in [0.717, 1.165) is 38.4 Å². The van der Waals surface area contributed by atoms with Gasteiger partial charge in [0, 0.05) is 32.2 Å². The summed E-state index contributed by atoms with van der Waals surface area (Å²) in [7, 11) is 0. The van der Waals surface area contributed by atoms with Crippen LogP contribution < -0.4 is 4.90 Å². The molecule has 1 aromatic rings. The van der Waals surface area contributed by atoms with Gasteiger partial charge >= 0.3 is 0 Å². The highest BCUT2D eigenvalue weighted by Crippen LogP contribution is 2.21. The lowest BCUT2D eigenvalue weighted by molar-refractivity contribution is -0.385. The molecular formula is C14H19N5O2. The Hall–Kier alpha value is -2.20. The Labute approximate surface area is 123 Å². The van der Waals surface area contributed by atoms with Crippen LogP contribution in [0.4, 0.5) is 11.5 Å². The van der Waals surface area contributed by atoms with Crippen molar-refractivity contribution in [2.75, 3.05) is 31.1 Å². The van der Waals surface area contributed by atoms with Gasteiger partial charge in [-0.05, 0) is 19.4 Å². The monoisotopic (exact) mass is 289 g/mol. The van der Waals surface area contributed by atoms with Crippen molar-refractivity contribution in [2.24, 2.45) is 0 Å². The third-order valence-corrected chi connectivity index (χ3v) is 3.85. The summed E-state index contributed by atoms with van der Waals surface area (Å²) < 4.78 is 0. The Morgan fingerprint density at radius 2 is 2.10 bits per heavy atom. The number of nitriles is 1. The lowest BCUT2D eigenvalue weighted by Crippen LogP contribution is -2.50. The summed E-state index contributed by atoms with van der Waals surface area (Å²) >= 11 is 0. The van der Waals surface area contributed by atoms with E-state index in [4.69, 9.17) is 5.26 Å². The zero-order valence-corrected chi connectivity index (χ0v) is 12.3. The summed E-state index contributed by atoms with van der Waals surface area (Å²) in [4.78, 5) is 19.0. The number of nitro groups is 1. The average Bonchev–Trinajstić information content (AvgIpc) is 2.48. The first kappa shape index (κ1) is 15.2. The normalized spacial score (nSPS) is 17.3. The molecule has 1 aromatic heterocycles. The third-order valence-electron chi connectivity index (χ3n) is 3.85. The van der Waals surface area contributed by atoms with E-state index in [1.807, 2.05) is 6.92 Å². The van der Waals surface area contributed by atoms with Gasteiger partial charge in [0.25, 0.3) is 5.69 Å². The van der Waals surface area contributed by atoms with Crippen molar-refractivity contribution < 1.29 is 4.92 Å². The van der Waals surface area contributed by atoms with Gasteiger partial charge in [-0.15, -0.1) is 0 Å². The van der Waals surface area contributed by atoms with Crippen LogP contribution in [0.3, 0.4) is 0 Å². The van der Waals surface area contributed by atoms with E-state index >= 15 is 0 Å². The molecule has 1 aliphatic rings. The molecule has 1 atom stereocenters. The summed E-state index contributed by atoms with van der Waals surface area (Å²) in [5, 5.41) is 19.9. The van der Waals surface area contributed by atoms with E-state index in [2.05, 4.69) is 20.9 Å². The number of pyridine rings is 1. The Balaban J connectivity index is 2.04. The summed E-state index contributed by atoms with van der Waals surface area (Å²) in [5.74, 6) is 0.766. The highest BCUT2D eigenvalue weighted by molar-refractivity contribution is 5.47. The molecule has 0 aromatic carbocycles. The van der Waals surface area contributed by atoms with Crippen LogP contribution in [0.2, 0.25) is 0 Å². The Bertz CT molecular complexity index is 561. The molecule has 2 heterocycles. The number of nitrogens with zero attached hydrogens (tertiary/aromatic N) is 5. The molecule has 0 bridgehead atoms. The molecular weight excluding hydrogens is 270 g/mol. The Kier molecular flexibility index (Phi) is 4.70. The first-order valence-corrected chi connectivity index (χ1v) is 7.07. The smallest absolute Gasteiger partial charge is 0.290 e. The maximum atomic E-state index is 10.8. The van der Waals surface area contributed by atoms with Crippen molar-refractivity contribution in [2.45, 2.75) is 26.3 Å². The van der Waals surface area contributed by atoms with E-state index in [-0.39, 0.29) is 11.7 Å². The second kappa shape index (κ2) is 6.50. The second-order valence-corrected chi connectivity index (χ2v) is 5.11. The van der Waals surface area contributed by atoms with E-state index in [0.29, 0.717) is 5.69 Å². The number of hydrogen-bond donors (Lipinski definition) is 0. The van der Waals surface area contributed by atoms with Gasteiger partial charge in [0.1, 0.15) is 11.5 Å². The SMILES string of the molecule is CCC(C#N)N1CCN(c2ccc([N+](=O)[O-])c(C)n2)CC1. The first-order valence-electron chi connectivity index (χ1n) is 7.07. The van der Waals surface area contributed by atoms with Gasteiger partial charge in [-0.25, -0.2) is 4.98 Å². The standard InChI is InChI=1S/C14H19N5O2/c1-3-12(10-15)17-6-8-18(9-7-17)14-5-4-13(19(20)21)11(2)16-14/h4-5,12H,3,6-9H2,1-2H3. The molecule has 7 nitrogen and oxygen atoms in total. The minimum atomic E-state index is -0.414. The molecule has 0 spiro atoms. The van der Waals surface area contributed by atoms with Crippen LogP contribution in [0.15, 0.2) is 12.1 Å². The molecule has 0 saturated carbocycles. The zero-order valence-electron chi connectivity index (χ0n) is 12.3. The molecule has 1 fully saturated rings. The van der Waals surface area contributed by atoms with Gasteiger partial charge < -0.3 is 4.90 Å². The fourth-order valence-corrected chi connectivity index (χ4v) is 2.60. The van der Waals surface area contributed by atoms with Crippen LogP contribution in [0.25, 0.3) is 0 Å². The number of aryl methyl sites for hydroxylation is 1. The molecule has 112 valence electrons. The van der Waals surface area contributed by atoms with Crippen molar-refractivity contribution in [1.82, 2.24) is 9.88 Å². The minimum Gasteiger partial charge on any atom is -0.354 e. The Morgan fingerprint density at radius 1 is 1.43 bits per heavy atom. The Morgan fingerprint density at radius 3 is 2.57 bits per heavy atom. The van der Waals surface area contributed by atoms with Crippen molar-refractivity contribution >= 4 is 11.5 Å². The van der Waals surface area contributed by atoms with Gasteiger partial charge in [0.15, 0.2) is 0 Å². The van der Waals surface area contributed by atoms with Crippen molar-refractivity contribution in [3.8, 4) is 6.07 Å². The first-order chi connectivity index (χ1) is 10.1. The molecule has 1 aliphatic heterocycles. The number of hydrogen-bond acceptors (Lipinski definition) is 6. The predicted octanol–water partition coefficient (Wildman–Crippen LogP) is 1.72. The summed E-state index contributed by atoms with van der Waals surface area (Å²) in [6, 6.07) is 5.50. The molecule has 0 amide bonds. The maximum absolute atomic E-state index is 10.8. The molecule has 21 heavy (non-hydrogen) atoms. The van der Waals surface area contributed by atoms with E-state index in [1.165, 1.54) is 6.07 Å². The van der Waals surface area contributed by atoms with Gasteiger partial charge in [-0.1, -0.05) is 6.92 Å². The van der Waals surface area contributed by atoms with Gasteiger partial charge in [0.05, 0.1) is 17.0 Å². The van der Waals surface area contributed by atoms with Crippen LogP contribution >= 0.6 is 0 Å². The molecule has 2 rings (SSSR count). The molecule has 0 N–H and O–H groups in total. The van der Waals surface area contributed by atoms with Crippen LogP contribution in [0.5, 0.6) is 0 Å². The van der Waals surface area contributed by atoms with Gasteiger partial charge in [0.2, 0.25) is 0 Å². The van der Waals surface area contributed by atoms with E-state index in [9.17, 15) is 10.1 Å². The van der Waals surface area contributed by atoms with Crippen molar-refractivity contribution in [1.29, 1.82) is 5.26 Å². The lowest BCUT2D eigenvalue weighted by atomic mass is 10.2. The number of piperazine rings is 1. The minimum absolute atomic E-state index is 0.0290. The largest absolute Gasteiger partial charge is 0.354 e. The summed E-state index contributed by atoms with van der Waals surface area (Å²) in [6.45, 7) is 6.85. The van der Waals surface area contributed by atoms with Crippen LogP contribution in [0.1, 0.15) is 19.0 Å². The van der Waals surface area contributed by atoms with Crippen LogP contribution in [-0.4, -0.2) is 47.0 Å². The predicted molar refractivity (Wildman–Crippen MR) is 79.1 cm³/mol. The highest BCUT2D eigenvalue weighted by Gasteiger charge is 2.24. The molecule has 1 unspecified atom stereocenters. The number of aromatic nitrogens is 1. The number of anilines is 1. The summed E-state index contributed by atoms with van der Waals surface area (Å²) in [6.07, 6.45) is 0.825. The topological polar surface area (TPSA) is 86.3 Å². The lowest BCUT2D eigenvalue weighted by Gasteiger charge is -2.37. The average molecular weight is 289 g/mol. The van der Waals surface area contributed by atoms with Gasteiger partial charge in [-0.3, -0.25) is 15.0 Å². The highest BCUT2D eigenvalue weighted by atomic mass is 16.6. The molecule has 0 radical (unpaired) electrons. The van der Waals surface area contributed by atoms with E-state index < -0.39 is 4.92 Å². The van der Waals surface area contributed by atoms with Gasteiger partial charge in [-0.2, -0.15) is 5.26 Å². The second-order valence-electron chi connectivity index (χ2n) is 5.11. The quantitative estimate of drug-likeness (QED) is 0.619.